The molecule has 0 aromatic carbocycles. The summed E-state index contributed by atoms with van der Waals surface area (Å²) in [6.07, 6.45) is 1.55. The lowest BCUT2D eigenvalue weighted by molar-refractivity contribution is 0.0710. The quantitative estimate of drug-likeness (QED) is 0.884. The lowest BCUT2D eigenvalue weighted by atomic mass is 10.0. The summed E-state index contributed by atoms with van der Waals surface area (Å²) in [7, 11) is 1.64. The number of rotatable bonds is 5. The molecule has 1 aliphatic rings. The predicted octanol–water partition coefficient (Wildman–Crippen LogP) is 1.16. The van der Waals surface area contributed by atoms with Crippen molar-refractivity contribution in [2.24, 2.45) is 0 Å². The Bertz CT molecular complexity index is 704. The summed E-state index contributed by atoms with van der Waals surface area (Å²) in [6.45, 7) is 5.21. The number of pyridine rings is 1. The van der Waals surface area contributed by atoms with Crippen molar-refractivity contribution in [1.82, 2.24) is 25.3 Å². The molecule has 2 aromatic heterocycles. The molecule has 8 nitrogen and oxygen atoms in total. The number of nitrogens with zero attached hydrogens (tertiary/aromatic N) is 4. The number of nitrogens with one attached hydrogen (secondary N) is 1. The van der Waals surface area contributed by atoms with Gasteiger partial charge in [0.25, 0.3) is 5.91 Å². The zero-order valence-corrected chi connectivity index (χ0v) is 14.0. The van der Waals surface area contributed by atoms with Crippen LogP contribution >= 0.6 is 0 Å². The molecule has 0 saturated carbocycles. The predicted molar refractivity (Wildman–Crippen MR) is 86.0 cm³/mol. The number of amides is 1. The molecule has 1 fully saturated rings. The Labute approximate surface area is 140 Å². The van der Waals surface area contributed by atoms with E-state index >= 15 is 0 Å². The summed E-state index contributed by atoms with van der Waals surface area (Å²) in [4.78, 5) is 19.0. The van der Waals surface area contributed by atoms with Gasteiger partial charge in [-0.2, -0.15) is 15.4 Å². The van der Waals surface area contributed by atoms with Crippen molar-refractivity contribution >= 4 is 5.91 Å². The van der Waals surface area contributed by atoms with Crippen LogP contribution in [-0.2, 0) is 4.74 Å². The number of hydrogen-bond acceptors (Lipinski definition) is 6. The molecule has 2 aromatic rings. The van der Waals surface area contributed by atoms with Gasteiger partial charge < -0.3 is 14.4 Å². The molecule has 1 aliphatic heterocycles. The third kappa shape index (κ3) is 3.09. The zero-order valence-electron chi connectivity index (χ0n) is 14.0. The average Bonchev–Trinajstić information content (AvgIpc) is 3.24. The van der Waals surface area contributed by atoms with E-state index in [2.05, 4.69) is 20.4 Å². The summed E-state index contributed by atoms with van der Waals surface area (Å²) in [5, 5.41) is 10.6. The molecule has 1 saturated heterocycles. The molecule has 0 spiro atoms. The van der Waals surface area contributed by atoms with Gasteiger partial charge in [-0.05, 0) is 26.0 Å². The largest absolute Gasteiger partial charge is 0.477 e. The van der Waals surface area contributed by atoms with E-state index in [1.807, 2.05) is 19.9 Å². The number of likely N-dealkylation sites (tertiary alicyclic amines) is 1. The summed E-state index contributed by atoms with van der Waals surface area (Å²) < 4.78 is 11.1. The van der Waals surface area contributed by atoms with Gasteiger partial charge in [-0.3, -0.25) is 4.79 Å². The molecule has 0 bridgehead atoms. The molecule has 128 valence electrons. The Balaban J connectivity index is 1.83. The number of aromatic amines is 1. The van der Waals surface area contributed by atoms with E-state index in [1.165, 1.54) is 0 Å². The summed E-state index contributed by atoms with van der Waals surface area (Å²) in [5.74, 6) is 0.256. The molecule has 0 radical (unpaired) electrons. The van der Waals surface area contributed by atoms with Crippen LogP contribution in [0.15, 0.2) is 18.3 Å². The highest BCUT2D eigenvalue weighted by Gasteiger charge is 2.38. The third-order valence-corrected chi connectivity index (χ3v) is 4.18. The van der Waals surface area contributed by atoms with Crippen LogP contribution in [0.3, 0.4) is 0 Å². The van der Waals surface area contributed by atoms with E-state index in [4.69, 9.17) is 9.47 Å². The fourth-order valence-corrected chi connectivity index (χ4v) is 2.96. The minimum atomic E-state index is -0.118. The second-order valence-electron chi connectivity index (χ2n) is 5.72. The van der Waals surface area contributed by atoms with Gasteiger partial charge in [0.1, 0.15) is 5.56 Å². The van der Waals surface area contributed by atoms with Crippen LogP contribution in [0.4, 0.5) is 0 Å². The van der Waals surface area contributed by atoms with Crippen molar-refractivity contribution in [1.29, 1.82) is 0 Å². The lowest BCUT2D eigenvalue weighted by Gasteiger charge is -2.18. The molecule has 1 N–H and O–H groups in total. The first-order valence-corrected chi connectivity index (χ1v) is 7.92. The average molecular weight is 331 g/mol. The maximum absolute atomic E-state index is 12.9. The second kappa shape index (κ2) is 6.96. The topological polar surface area (TPSA) is 93.2 Å². The second-order valence-corrected chi connectivity index (χ2v) is 5.72. The smallest absolute Gasteiger partial charge is 0.259 e. The number of H-pyrrole nitrogens is 1. The molecule has 1 amide bonds. The summed E-state index contributed by atoms with van der Waals surface area (Å²) >= 11 is 0. The molecule has 0 aliphatic carbocycles. The van der Waals surface area contributed by atoms with Gasteiger partial charge in [-0.1, -0.05) is 0 Å². The highest BCUT2D eigenvalue weighted by molar-refractivity contribution is 5.96. The van der Waals surface area contributed by atoms with Crippen LogP contribution in [0.2, 0.25) is 0 Å². The standard InChI is InChI=1S/C16H21N5O3/c1-4-24-15-11(6-5-10(2)18-15)16(22)21-8-12(14(9-21)23-3)13-7-17-20-19-13/h5-7,12,14H,4,8-9H2,1-3H3,(H,17,19,20)/t12-,14+/m0/s1. The fraction of sp³-hybridized carbons (Fsp3) is 0.500. The van der Waals surface area contributed by atoms with Crippen LogP contribution in [0.25, 0.3) is 0 Å². The Kier molecular flexibility index (Phi) is 4.75. The maximum atomic E-state index is 12.9. The molecule has 8 heteroatoms. The Morgan fingerprint density at radius 1 is 1.42 bits per heavy atom. The highest BCUT2D eigenvalue weighted by Crippen LogP contribution is 2.30. The van der Waals surface area contributed by atoms with Gasteiger partial charge in [0.2, 0.25) is 5.88 Å². The lowest BCUT2D eigenvalue weighted by Crippen LogP contribution is -2.30. The maximum Gasteiger partial charge on any atom is 0.259 e. The molecule has 24 heavy (non-hydrogen) atoms. The Hall–Kier alpha value is -2.48. The number of carbonyl (C=O) groups excluding carboxylic acids is 1. The van der Waals surface area contributed by atoms with Crippen molar-refractivity contribution in [3.05, 3.63) is 35.3 Å². The minimum absolute atomic E-state index is 0.00773. The Morgan fingerprint density at radius 2 is 2.25 bits per heavy atom. The number of carbonyl (C=O) groups is 1. The van der Waals surface area contributed by atoms with Gasteiger partial charge in [0.15, 0.2) is 0 Å². The molecular weight excluding hydrogens is 310 g/mol. The van der Waals surface area contributed by atoms with E-state index in [9.17, 15) is 4.79 Å². The number of aromatic nitrogens is 4. The first-order valence-electron chi connectivity index (χ1n) is 7.92. The van der Waals surface area contributed by atoms with E-state index in [0.717, 1.165) is 11.4 Å². The van der Waals surface area contributed by atoms with E-state index in [1.54, 1.807) is 24.3 Å². The van der Waals surface area contributed by atoms with Gasteiger partial charge in [0.05, 0.1) is 30.5 Å². The highest BCUT2D eigenvalue weighted by atomic mass is 16.5. The summed E-state index contributed by atoms with van der Waals surface area (Å²) in [6, 6.07) is 3.58. The zero-order chi connectivity index (χ0) is 17.1. The van der Waals surface area contributed by atoms with Gasteiger partial charge in [0, 0.05) is 25.9 Å². The molecule has 2 atom stereocenters. The first kappa shape index (κ1) is 16.4. The van der Waals surface area contributed by atoms with E-state index in [-0.39, 0.29) is 17.9 Å². The van der Waals surface area contributed by atoms with Crippen molar-refractivity contribution in [3.8, 4) is 5.88 Å². The Morgan fingerprint density at radius 3 is 2.92 bits per heavy atom. The monoisotopic (exact) mass is 331 g/mol. The van der Waals surface area contributed by atoms with Crippen LogP contribution in [0, 0.1) is 6.92 Å². The summed E-state index contributed by atoms with van der Waals surface area (Å²) in [5.41, 5.74) is 2.08. The van der Waals surface area contributed by atoms with Crippen molar-refractivity contribution in [3.63, 3.8) is 0 Å². The fourth-order valence-electron chi connectivity index (χ4n) is 2.96. The number of methoxy groups -OCH3 is 1. The van der Waals surface area contributed by atoms with Crippen LogP contribution in [0.1, 0.15) is 34.6 Å². The number of aryl methyl sites for hydroxylation is 1. The van der Waals surface area contributed by atoms with Gasteiger partial charge in [-0.25, -0.2) is 4.98 Å². The van der Waals surface area contributed by atoms with Crippen LogP contribution < -0.4 is 4.74 Å². The third-order valence-electron chi connectivity index (χ3n) is 4.18. The van der Waals surface area contributed by atoms with Crippen LogP contribution in [-0.4, -0.2) is 64.1 Å². The van der Waals surface area contributed by atoms with Crippen molar-refractivity contribution < 1.29 is 14.3 Å². The minimum Gasteiger partial charge on any atom is -0.477 e. The van der Waals surface area contributed by atoms with Gasteiger partial charge in [-0.15, -0.1) is 0 Å². The number of hydrogen-bond donors (Lipinski definition) is 1. The first-order chi connectivity index (χ1) is 11.6. The van der Waals surface area contributed by atoms with Gasteiger partial charge >= 0.3 is 0 Å². The van der Waals surface area contributed by atoms with Crippen molar-refractivity contribution in [2.45, 2.75) is 25.9 Å². The molecule has 3 heterocycles. The van der Waals surface area contributed by atoms with Crippen LogP contribution in [0.5, 0.6) is 5.88 Å². The SMILES string of the molecule is CCOc1nc(C)ccc1C(=O)N1C[C@@H](OC)[C@H](c2cn[nH]n2)C1. The van der Waals surface area contributed by atoms with E-state index in [0.29, 0.717) is 31.1 Å². The van der Waals surface area contributed by atoms with Crippen molar-refractivity contribution in [2.75, 3.05) is 26.8 Å². The molecular formula is C16H21N5O3. The molecule has 0 unspecified atom stereocenters. The molecule has 3 rings (SSSR count). The normalized spacial score (nSPS) is 20.4. The van der Waals surface area contributed by atoms with E-state index < -0.39 is 0 Å². The number of ether oxygens (including phenoxy) is 2.